The zero-order valence-corrected chi connectivity index (χ0v) is 12.1. The second kappa shape index (κ2) is 4.83. The molecule has 7 heteroatoms. The summed E-state index contributed by atoms with van der Waals surface area (Å²) >= 11 is 0. The first-order valence-corrected chi connectivity index (χ1v) is 8.43. The molecule has 3 rings (SSSR count). The maximum Gasteiger partial charge on any atom is 0.246 e. The molecule has 2 aliphatic rings. The molecular weight excluding hydrogens is 278 g/mol. The SMILES string of the molecule is CS(=O)(=O)c1ccccc1N1CN2CCNCC2C1=O. The van der Waals surface area contributed by atoms with Crippen molar-refractivity contribution in [1.29, 1.82) is 0 Å². The fourth-order valence-electron chi connectivity index (χ4n) is 2.78. The molecule has 108 valence electrons. The van der Waals surface area contributed by atoms with Crippen LogP contribution in [0.5, 0.6) is 0 Å². The van der Waals surface area contributed by atoms with E-state index in [0.29, 0.717) is 18.9 Å². The van der Waals surface area contributed by atoms with Crippen LogP contribution < -0.4 is 10.2 Å². The highest BCUT2D eigenvalue weighted by atomic mass is 32.2. The first-order valence-electron chi connectivity index (χ1n) is 6.54. The highest BCUT2D eigenvalue weighted by Crippen LogP contribution is 2.29. The molecule has 0 aromatic heterocycles. The number of rotatable bonds is 2. The Morgan fingerprint density at radius 3 is 2.75 bits per heavy atom. The molecule has 1 N–H and O–H groups in total. The summed E-state index contributed by atoms with van der Waals surface area (Å²) in [7, 11) is -3.36. The Hall–Kier alpha value is -1.44. The second-order valence-corrected chi connectivity index (χ2v) is 7.16. The number of benzene rings is 1. The summed E-state index contributed by atoms with van der Waals surface area (Å²) < 4.78 is 23.7. The van der Waals surface area contributed by atoms with Crippen LogP contribution in [0, 0.1) is 0 Å². The Morgan fingerprint density at radius 2 is 2.05 bits per heavy atom. The van der Waals surface area contributed by atoms with Gasteiger partial charge in [-0.3, -0.25) is 14.6 Å². The smallest absolute Gasteiger partial charge is 0.246 e. The van der Waals surface area contributed by atoms with E-state index in [2.05, 4.69) is 10.2 Å². The Balaban J connectivity index is 2.00. The van der Waals surface area contributed by atoms with E-state index in [1.54, 1.807) is 29.2 Å². The number of piperazine rings is 1. The minimum absolute atomic E-state index is 0.0340. The van der Waals surface area contributed by atoms with E-state index in [1.807, 2.05) is 0 Å². The summed E-state index contributed by atoms with van der Waals surface area (Å²) in [5.41, 5.74) is 0.481. The minimum Gasteiger partial charge on any atom is -0.313 e. The van der Waals surface area contributed by atoms with Gasteiger partial charge < -0.3 is 5.32 Å². The maximum absolute atomic E-state index is 12.5. The average Bonchev–Trinajstić information content (AvgIpc) is 2.76. The van der Waals surface area contributed by atoms with Crippen molar-refractivity contribution in [1.82, 2.24) is 10.2 Å². The van der Waals surface area contributed by atoms with Crippen LogP contribution in [0.3, 0.4) is 0 Å². The van der Waals surface area contributed by atoms with E-state index in [9.17, 15) is 13.2 Å². The maximum atomic E-state index is 12.5. The molecule has 0 saturated carbocycles. The monoisotopic (exact) mass is 295 g/mol. The lowest BCUT2D eigenvalue weighted by atomic mass is 10.2. The number of anilines is 1. The van der Waals surface area contributed by atoms with Crippen LogP contribution >= 0.6 is 0 Å². The molecule has 0 aliphatic carbocycles. The third-order valence-corrected chi connectivity index (χ3v) is 4.93. The molecule has 2 aliphatic heterocycles. The van der Waals surface area contributed by atoms with Crippen molar-refractivity contribution in [2.45, 2.75) is 10.9 Å². The molecule has 1 unspecified atom stereocenters. The van der Waals surface area contributed by atoms with E-state index in [4.69, 9.17) is 0 Å². The van der Waals surface area contributed by atoms with Crippen LogP contribution in [0.4, 0.5) is 5.69 Å². The first kappa shape index (κ1) is 13.5. The predicted octanol–water partition coefficient (Wildman–Crippen LogP) is -0.332. The van der Waals surface area contributed by atoms with Crippen molar-refractivity contribution in [3.8, 4) is 0 Å². The number of nitrogens with zero attached hydrogens (tertiary/aromatic N) is 2. The van der Waals surface area contributed by atoms with Gasteiger partial charge in [0.25, 0.3) is 0 Å². The third kappa shape index (κ3) is 2.21. The summed E-state index contributed by atoms with van der Waals surface area (Å²) in [5.74, 6) is -0.0340. The lowest BCUT2D eigenvalue weighted by Gasteiger charge is -2.26. The predicted molar refractivity (Wildman–Crippen MR) is 75.3 cm³/mol. The van der Waals surface area contributed by atoms with Crippen molar-refractivity contribution in [2.75, 3.05) is 37.5 Å². The molecule has 0 spiro atoms. The summed E-state index contributed by atoms with van der Waals surface area (Å²) in [4.78, 5) is 16.3. The number of fused-ring (bicyclic) bond motifs is 1. The molecule has 0 bridgehead atoms. The number of hydrogen-bond donors (Lipinski definition) is 1. The largest absolute Gasteiger partial charge is 0.313 e. The normalized spacial score (nSPS) is 23.9. The van der Waals surface area contributed by atoms with Gasteiger partial charge in [-0.15, -0.1) is 0 Å². The Labute approximate surface area is 118 Å². The molecule has 0 radical (unpaired) electrons. The summed E-state index contributed by atoms with van der Waals surface area (Å²) in [5, 5.41) is 3.20. The van der Waals surface area contributed by atoms with Crippen LogP contribution in [0.15, 0.2) is 29.2 Å². The van der Waals surface area contributed by atoms with Crippen molar-refractivity contribution >= 4 is 21.4 Å². The Bertz CT molecular complexity index is 644. The Kier molecular flexibility index (Phi) is 3.27. The molecule has 20 heavy (non-hydrogen) atoms. The standard InChI is InChI=1S/C13H17N3O3S/c1-20(18,19)12-5-3-2-4-10(12)16-9-15-7-6-14-8-11(15)13(16)17/h2-5,11,14H,6-9H2,1H3. The molecule has 1 amide bonds. The van der Waals surface area contributed by atoms with Gasteiger partial charge in [0.1, 0.15) is 6.04 Å². The number of amides is 1. The van der Waals surface area contributed by atoms with Crippen molar-refractivity contribution < 1.29 is 13.2 Å². The average molecular weight is 295 g/mol. The van der Waals surface area contributed by atoms with Gasteiger partial charge in [-0.05, 0) is 12.1 Å². The number of sulfone groups is 1. The molecule has 1 atom stereocenters. The van der Waals surface area contributed by atoms with E-state index < -0.39 is 9.84 Å². The second-order valence-electron chi connectivity index (χ2n) is 5.18. The van der Waals surface area contributed by atoms with Crippen LogP contribution in [0.25, 0.3) is 0 Å². The van der Waals surface area contributed by atoms with Gasteiger partial charge in [-0.2, -0.15) is 0 Å². The topological polar surface area (TPSA) is 69.7 Å². The molecule has 1 aromatic rings. The van der Waals surface area contributed by atoms with Gasteiger partial charge in [0.15, 0.2) is 9.84 Å². The summed E-state index contributed by atoms with van der Waals surface area (Å²) in [6.07, 6.45) is 1.17. The van der Waals surface area contributed by atoms with Gasteiger partial charge in [0.05, 0.1) is 17.3 Å². The van der Waals surface area contributed by atoms with Crippen LogP contribution in [-0.4, -0.2) is 57.8 Å². The number of carbonyl (C=O) groups is 1. The van der Waals surface area contributed by atoms with Crippen molar-refractivity contribution in [2.24, 2.45) is 0 Å². The summed E-state index contributed by atoms with van der Waals surface area (Å²) in [6.45, 7) is 2.73. The van der Waals surface area contributed by atoms with Crippen molar-refractivity contribution in [3.63, 3.8) is 0 Å². The van der Waals surface area contributed by atoms with E-state index in [0.717, 1.165) is 13.1 Å². The van der Waals surface area contributed by atoms with Gasteiger partial charge in [-0.1, -0.05) is 12.1 Å². The van der Waals surface area contributed by atoms with Gasteiger partial charge in [0, 0.05) is 25.9 Å². The molecule has 2 saturated heterocycles. The molecule has 1 aromatic carbocycles. The van der Waals surface area contributed by atoms with Gasteiger partial charge in [0.2, 0.25) is 5.91 Å². The fraction of sp³-hybridized carbons (Fsp3) is 0.462. The van der Waals surface area contributed by atoms with Crippen LogP contribution in [0.2, 0.25) is 0 Å². The van der Waals surface area contributed by atoms with Crippen LogP contribution in [-0.2, 0) is 14.6 Å². The number of nitrogens with one attached hydrogen (secondary N) is 1. The first-order chi connectivity index (χ1) is 9.48. The van der Waals surface area contributed by atoms with E-state index in [-0.39, 0.29) is 16.8 Å². The number of para-hydroxylation sites is 1. The van der Waals surface area contributed by atoms with Gasteiger partial charge >= 0.3 is 0 Å². The number of hydrogen-bond acceptors (Lipinski definition) is 5. The number of carbonyl (C=O) groups excluding carboxylic acids is 1. The lowest BCUT2D eigenvalue weighted by Crippen LogP contribution is -2.50. The van der Waals surface area contributed by atoms with Gasteiger partial charge in [-0.25, -0.2) is 8.42 Å². The molecule has 2 heterocycles. The summed E-state index contributed by atoms with van der Waals surface area (Å²) in [6, 6.07) is 6.49. The zero-order chi connectivity index (χ0) is 14.3. The lowest BCUT2D eigenvalue weighted by molar-refractivity contribution is -0.120. The zero-order valence-electron chi connectivity index (χ0n) is 11.2. The van der Waals surface area contributed by atoms with Crippen LogP contribution in [0.1, 0.15) is 0 Å². The molecule has 6 nitrogen and oxygen atoms in total. The third-order valence-electron chi connectivity index (χ3n) is 3.78. The highest BCUT2D eigenvalue weighted by Gasteiger charge is 2.41. The highest BCUT2D eigenvalue weighted by molar-refractivity contribution is 7.90. The van der Waals surface area contributed by atoms with E-state index >= 15 is 0 Å². The molecule has 2 fully saturated rings. The quantitative estimate of drug-likeness (QED) is 0.809. The fourth-order valence-corrected chi connectivity index (χ4v) is 3.66. The molecular formula is C13H17N3O3S. The minimum atomic E-state index is -3.36. The van der Waals surface area contributed by atoms with Crippen molar-refractivity contribution in [3.05, 3.63) is 24.3 Å². The Morgan fingerprint density at radius 1 is 1.30 bits per heavy atom. The van der Waals surface area contributed by atoms with E-state index in [1.165, 1.54) is 6.26 Å².